The van der Waals surface area contributed by atoms with Crippen molar-refractivity contribution in [2.75, 3.05) is 0 Å². The minimum Gasteiger partial charge on any atom is -0.401 e. The van der Waals surface area contributed by atoms with Crippen LogP contribution in [-0.4, -0.2) is 4.92 Å². The van der Waals surface area contributed by atoms with E-state index in [-0.39, 0.29) is 5.88 Å². The summed E-state index contributed by atoms with van der Waals surface area (Å²) in [6, 6.07) is 2.66. The molecule has 0 radical (unpaired) electrons. The number of rotatable bonds is 3. The number of nitrogens with one attached hydrogen (secondary N) is 1. The molecule has 0 aromatic carbocycles. The first-order valence-electron chi connectivity index (χ1n) is 3.21. The Morgan fingerprint density at radius 1 is 1.69 bits per heavy atom. The summed E-state index contributed by atoms with van der Waals surface area (Å²) in [5.41, 5.74) is 6.31. The van der Waals surface area contributed by atoms with E-state index >= 15 is 0 Å². The van der Waals surface area contributed by atoms with Gasteiger partial charge in [0.2, 0.25) is 4.91 Å². The fraction of sp³-hybridized carbons (Fsp3) is 0. The van der Waals surface area contributed by atoms with Crippen LogP contribution in [0.5, 0.6) is 0 Å². The molecule has 7 heteroatoms. The van der Waals surface area contributed by atoms with Gasteiger partial charge in [0.1, 0.15) is 27.5 Å². The van der Waals surface area contributed by atoms with Crippen molar-refractivity contribution in [1.29, 1.82) is 5.53 Å². The van der Waals surface area contributed by atoms with Crippen LogP contribution in [0.4, 0.5) is 5.88 Å². The monoisotopic (exact) mass is 181 g/mol. The van der Waals surface area contributed by atoms with Crippen molar-refractivity contribution in [2.24, 2.45) is 5.11 Å². The Bertz CT molecular complexity index is 388. The van der Waals surface area contributed by atoms with Crippen molar-refractivity contribution in [1.82, 2.24) is 4.91 Å². The number of nitrogens with zero attached hydrogens (tertiary/aromatic N) is 3. The standard InChI is InChI=1S/C6H5N4O3/c7-9-8-4-3-5-1-2-6(13-5)10(11)12/h1-4,7H/q+1. The van der Waals surface area contributed by atoms with Crippen LogP contribution in [0.3, 0.4) is 0 Å². The lowest BCUT2D eigenvalue weighted by Gasteiger charge is -1.80. The maximum absolute atomic E-state index is 10.2. The summed E-state index contributed by atoms with van der Waals surface area (Å²) < 4.78 is 4.74. The Morgan fingerprint density at radius 2 is 2.46 bits per heavy atom. The minimum atomic E-state index is -0.636. The van der Waals surface area contributed by atoms with E-state index in [2.05, 4.69) is 10.0 Å². The van der Waals surface area contributed by atoms with Gasteiger partial charge >= 0.3 is 5.88 Å². The van der Waals surface area contributed by atoms with Gasteiger partial charge in [0.05, 0.1) is 6.07 Å². The van der Waals surface area contributed by atoms with Gasteiger partial charge in [0.15, 0.2) is 0 Å². The summed E-state index contributed by atoms with van der Waals surface area (Å²) >= 11 is 0. The predicted molar refractivity (Wildman–Crippen MR) is 41.7 cm³/mol. The van der Waals surface area contributed by atoms with Crippen molar-refractivity contribution in [3.05, 3.63) is 34.2 Å². The lowest BCUT2D eigenvalue weighted by atomic mass is 10.4. The molecule has 0 saturated carbocycles. The second kappa shape index (κ2) is 3.93. The normalized spacial score (nSPS) is 9.85. The molecule has 0 aliphatic rings. The van der Waals surface area contributed by atoms with Gasteiger partial charge in [-0.05, 0) is 6.07 Å². The summed E-state index contributed by atoms with van der Waals surface area (Å²) in [4.78, 5) is 12.2. The third-order valence-electron chi connectivity index (χ3n) is 1.16. The van der Waals surface area contributed by atoms with E-state index in [9.17, 15) is 10.1 Å². The molecule has 1 aromatic rings. The highest BCUT2D eigenvalue weighted by Gasteiger charge is 2.09. The topological polar surface area (TPSA) is 107 Å². The summed E-state index contributed by atoms with van der Waals surface area (Å²) in [5.74, 6) is -0.0402. The van der Waals surface area contributed by atoms with E-state index < -0.39 is 4.92 Å². The van der Waals surface area contributed by atoms with E-state index in [4.69, 9.17) is 9.95 Å². The number of nitro groups is 1. The lowest BCUT2D eigenvalue weighted by Crippen LogP contribution is -1.82. The van der Waals surface area contributed by atoms with Crippen molar-refractivity contribution in [3.63, 3.8) is 0 Å². The van der Waals surface area contributed by atoms with Crippen LogP contribution in [0.2, 0.25) is 0 Å². The van der Waals surface area contributed by atoms with Crippen molar-refractivity contribution in [2.45, 2.75) is 0 Å². The Labute approximate surface area is 72.1 Å². The van der Waals surface area contributed by atoms with E-state index in [0.29, 0.717) is 5.76 Å². The average Bonchev–Trinajstić information content (AvgIpc) is 2.53. The van der Waals surface area contributed by atoms with Crippen LogP contribution in [0.1, 0.15) is 5.76 Å². The van der Waals surface area contributed by atoms with Gasteiger partial charge in [0, 0.05) is 6.08 Å². The van der Waals surface area contributed by atoms with Crippen LogP contribution in [0.25, 0.3) is 6.08 Å². The van der Waals surface area contributed by atoms with E-state index in [0.717, 1.165) is 0 Å². The van der Waals surface area contributed by atoms with Gasteiger partial charge in [-0.1, -0.05) is 0 Å². The Balaban J connectivity index is 2.80. The van der Waals surface area contributed by atoms with Crippen molar-refractivity contribution >= 4 is 12.0 Å². The molecule has 0 spiro atoms. The highest BCUT2D eigenvalue weighted by molar-refractivity contribution is 5.43. The van der Waals surface area contributed by atoms with Crippen molar-refractivity contribution < 1.29 is 9.34 Å². The average molecular weight is 181 g/mol. The van der Waals surface area contributed by atoms with E-state index in [1.165, 1.54) is 24.4 Å². The van der Waals surface area contributed by atoms with Crippen LogP contribution in [0, 0.1) is 15.6 Å². The lowest BCUT2D eigenvalue weighted by molar-refractivity contribution is -0.402. The van der Waals surface area contributed by atoms with E-state index in [1.54, 1.807) is 0 Å². The molecule has 0 atom stereocenters. The highest BCUT2D eigenvalue weighted by atomic mass is 16.6. The SMILES string of the molecule is N=[N+]=NC=Cc1ccc([N+](=O)[O-])o1. The molecule has 0 unspecified atom stereocenters. The molecule has 66 valence electrons. The molecule has 0 fully saturated rings. The zero-order valence-electron chi connectivity index (χ0n) is 6.38. The second-order valence-electron chi connectivity index (χ2n) is 1.96. The van der Waals surface area contributed by atoms with Crippen LogP contribution in [-0.2, 0) is 0 Å². The fourth-order valence-corrected chi connectivity index (χ4v) is 0.670. The van der Waals surface area contributed by atoms with Gasteiger partial charge in [-0.25, -0.2) is 0 Å². The summed E-state index contributed by atoms with van der Waals surface area (Å²) in [6.07, 6.45) is 2.57. The molecular weight excluding hydrogens is 176 g/mol. The Kier molecular flexibility index (Phi) is 2.67. The molecule has 13 heavy (non-hydrogen) atoms. The molecule has 7 nitrogen and oxygen atoms in total. The maximum atomic E-state index is 10.2. The first-order valence-corrected chi connectivity index (χ1v) is 3.21. The highest BCUT2D eigenvalue weighted by Crippen LogP contribution is 2.16. The molecule has 1 heterocycles. The molecule has 0 aliphatic carbocycles. The Morgan fingerprint density at radius 3 is 3.00 bits per heavy atom. The largest absolute Gasteiger partial charge is 0.433 e. The Hall–Kier alpha value is -2.27. The van der Waals surface area contributed by atoms with Gasteiger partial charge in [-0.3, -0.25) is 10.1 Å². The van der Waals surface area contributed by atoms with Crippen LogP contribution < -0.4 is 4.91 Å². The zero-order chi connectivity index (χ0) is 9.68. The molecule has 0 aliphatic heterocycles. The van der Waals surface area contributed by atoms with Gasteiger partial charge in [0.25, 0.3) is 0 Å². The summed E-state index contributed by atoms with van der Waals surface area (Å²) in [6.45, 7) is 0. The zero-order valence-corrected chi connectivity index (χ0v) is 6.38. The first-order chi connectivity index (χ1) is 6.24. The van der Waals surface area contributed by atoms with Crippen molar-refractivity contribution in [3.8, 4) is 0 Å². The predicted octanol–water partition coefficient (Wildman–Crippen LogP) is 1.71. The molecule has 1 rings (SSSR count). The molecule has 1 aromatic heterocycles. The molecule has 1 N–H and O–H groups in total. The molecule has 0 saturated heterocycles. The third kappa shape index (κ3) is 2.35. The number of hydrogen-bond acceptors (Lipinski definition) is 5. The quantitative estimate of drug-likeness (QED) is 0.332. The molecule has 0 amide bonds. The minimum absolute atomic E-state index is 0.291. The smallest absolute Gasteiger partial charge is 0.401 e. The summed E-state index contributed by atoms with van der Waals surface area (Å²) in [5, 5.41) is 13.4. The van der Waals surface area contributed by atoms with Crippen LogP contribution >= 0.6 is 0 Å². The van der Waals surface area contributed by atoms with E-state index in [1.807, 2.05) is 0 Å². The van der Waals surface area contributed by atoms with Gasteiger partial charge in [-0.2, -0.15) is 0 Å². The van der Waals surface area contributed by atoms with Gasteiger partial charge in [-0.15, -0.1) is 0 Å². The molecule has 0 bridgehead atoms. The number of furan rings is 1. The summed E-state index contributed by atoms with van der Waals surface area (Å²) in [7, 11) is 0. The first kappa shape index (κ1) is 8.82. The van der Waals surface area contributed by atoms with Gasteiger partial charge < -0.3 is 4.42 Å². The fourth-order valence-electron chi connectivity index (χ4n) is 0.670. The van der Waals surface area contributed by atoms with Crippen LogP contribution in [0.15, 0.2) is 27.9 Å². The second-order valence-corrected chi connectivity index (χ2v) is 1.96. The maximum Gasteiger partial charge on any atom is 0.433 e. The number of hydrogen-bond donors (Lipinski definition) is 1. The third-order valence-corrected chi connectivity index (χ3v) is 1.16. The molecular formula is C6H5N4O3+.